The standard InChI is InChI=1S/C17H19N3O4/c21-15(22)17(20-10-4-9-18-20)7-11-19(12-8-17)16(23)24-13-14-5-2-1-3-6-14/h1-6,9-10H,7-8,11-13H2,(H,21,22). The molecule has 0 unspecified atom stereocenters. The Morgan fingerprint density at radius 3 is 2.46 bits per heavy atom. The minimum atomic E-state index is -1.10. The van der Waals surface area contributed by atoms with E-state index in [0.717, 1.165) is 5.56 Å². The largest absolute Gasteiger partial charge is 0.479 e. The van der Waals surface area contributed by atoms with Crippen molar-refractivity contribution in [1.29, 1.82) is 0 Å². The fraction of sp³-hybridized carbons (Fsp3) is 0.353. The number of benzene rings is 1. The van der Waals surface area contributed by atoms with Gasteiger partial charge in [0, 0.05) is 38.3 Å². The Hall–Kier alpha value is -2.83. The van der Waals surface area contributed by atoms with Crippen LogP contribution in [-0.2, 0) is 21.7 Å². The highest BCUT2D eigenvalue weighted by Crippen LogP contribution is 2.30. The van der Waals surface area contributed by atoms with Crippen molar-refractivity contribution in [2.75, 3.05) is 13.1 Å². The Kier molecular flexibility index (Phi) is 4.50. The number of amides is 1. The van der Waals surface area contributed by atoms with Crippen LogP contribution in [0.4, 0.5) is 4.79 Å². The molecule has 1 aromatic heterocycles. The molecule has 1 amide bonds. The molecule has 126 valence electrons. The van der Waals surface area contributed by atoms with E-state index in [1.807, 2.05) is 30.3 Å². The molecule has 1 fully saturated rings. The quantitative estimate of drug-likeness (QED) is 0.928. The topological polar surface area (TPSA) is 84.7 Å². The number of aliphatic carboxylic acids is 1. The van der Waals surface area contributed by atoms with Crippen LogP contribution < -0.4 is 0 Å². The van der Waals surface area contributed by atoms with Gasteiger partial charge in [0.15, 0.2) is 5.54 Å². The second kappa shape index (κ2) is 6.74. The van der Waals surface area contributed by atoms with E-state index in [-0.39, 0.29) is 6.61 Å². The van der Waals surface area contributed by atoms with Crippen LogP contribution in [-0.4, -0.2) is 44.9 Å². The Morgan fingerprint density at radius 1 is 1.17 bits per heavy atom. The fourth-order valence-corrected chi connectivity index (χ4v) is 2.93. The van der Waals surface area contributed by atoms with E-state index in [1.165, 1.54) is 4.68 Å². The number of carboxylic acids is 1. The normalized spacial score (nSPS) is 16.6. The molecular weight excluding hydrogens is 310 g/mol. The number of hydrogen-bond acceptors (Lipinski definition) is 4. The van der Waals surface area contributed by atoms with Gasteiger partial charge in [-0.2, -0.15) is 5.10 Å². The van der Waals surface area contributed by atoms with Gasteiger partial charge in [-0.1, -0.05) is 30.3 Å². The summed E-state index contributed by atoms with van der Waals surface area (Å²) in [7, 11) is 0. The fourth-order valence-electron chi connectivity index (χ4n) is 2.93. The molecule has 1 aliphatic rings. The van der Waals surface area contributed by atoms with Crippen LogP contribution in [0.25, 0.3) is 0 Å². The second-order valence-electron chi connectivity index (χ2n) is 5.81. The molecule has 1 N–H and O–H groups in total. The number of carbonyl (C=O) groups excluding carboxylic acids is 1. The van der Waals surface area contributed by atoms with Crippen molar-refractivity contribution in [1.82, 2.24) is 14.7 Å². The number of piperidine rings is 1. The van der Waals surface area contributed by atoms with Crippen molar-refractivity contribution < 1.29 is 19.4 Å². The molecule has 0 bridgehead atoms. The lowest BCUT2D eigenvalue weighted by molar-refractivity contribution is -0.151. The highest BCUT2D eigenvalue weighted by Gasteiger charge is 2.45. The molecule has 3 rings (SSSR count). The first-order valence-corrected chi connectivity index (χ1v) is 7.81. The molecule has 0 spiro atoms. The van der Waals surface area contributed by atoms with Crippen molar-refractivity contribution in [3.63, 3.8) is 0 Å². The van der Waals surface area contributed by atoms with E-state index >= 15 is 0 Å². The van der Waals surface area contributed by atoms with Crippen molar-refractivity contribution in [2.45, 2.75) is 25.0 Å². The van der Waals surface area contributed by atoms with Gasteiger partial charge in [0.25, 0.3) is 0 Å². The molecule has 1 aromatic carbocycles. The molecule has 0 atom stereocenters. The van der Waals surface area contributed by atoms with Crippen molar-refractivity contribution in [2.24, 2.45) is 0 Å². The number of aromatic nitrogens is 2. The lowest BCUT2D eigenvalue weighted by atomic mass is 9.88. The van der Waals surface area contributed by atoms with E-state index in [1.54, 1.807) is 23.4 Å². The summed E-state index contributed by atoms with van der Waals surface area (Å²) < 4.78 is 6.78. The summed E-state index contributed by atoms with van der Waals surface area (Å²) >= 11 is 0. The molecule has 0 radical (unpaired) electrons. The Labute approximate surface area is 139 Å². The number of carbonyl (C=O) groups is 2. The number of rotatable bonds is 4. The van der Waals surface area contributed by atoms with Gasteiger partial charge in [-0.25, -0.2) is 9.59 Å². The monoisotopic (exact) mass is 329 g/mol. The summed E-state index contributed by atoms with van der Waals surface area (Å²) in [4.78, 5) is 25.5. The first kappa shape index (κ1) is 16.0. The van der Waals surface area contributed by atoms with Gasteiger partial charge >= 0.3 is 12.1 Å². The number of carboxylic acid groups (broad SMARTS) is 1. The molecule has 7 heteroatoms. The summed E-state index contributed by atoms with van der Waals surface area (Å²) in [6.07, 6.45) is 3.38. The Bertz CT molecular complexity index is 692. The van der Waals surface area contributed by atoms with Crippen LogP contribution in [0.1, 0.15) is 18.4 Å². The Morgan fingerprint density at radius 2 is 1.88 bits per heavy atom. The molecule has 1 aliphatic heterocycles. The number of likely N-dealkylation sites (tertiary alicyclic amines) is 1. The maximum Gasteiger partial charge on any atom is 0.410 e. The van der Waals surface area contributed by atoms with E-state index in [2.05, 4.69) is 5.10 Å². The van der Waals surface area contributed by atoms with Gasteiger partial charge in [-0.15, -0.1) is 0 Å². The van der Waals surface area contributed by atoms with Crippen molar-refractivity contribution in [3.05, 3.63) is 54.4 Å². The third-order valence-electron chi connectivity index (χ3n) is 4.39. The van der Waals surface area contributed by atoms with Crippen LogP contribution in [0.2, 0.25) is 0 Å². The van der Waals surface area contributed by atoms with E-state index in [0.29, 0.717) is 25.9 Å². The molecular formula is C17H19N3O4. The average Bonchev–Trinajstić information content (AvgIpc) is 3.15. The summed E-state index contributed by atoms with van der Waals surface area (Å²) in [5, 5.41) is 13.7. The smallest absolute Gasteiger partial charge is 0.410 e. The van der Waals surface area contributed by atoms with Gasteiger partial charge in [-0.3, -0.25) is 4.68 Å². The average molecular weight is 329 g/mol. The minimum absolute atomic E-state index is 0.208. The third kappa shape index (κ3) is 3.10. The number of nitrogens with zero attached hydrogens (tertiary/aromatic N) is 3. The van der Waals surface area contributed by atoms with E-state index in [9.17, 15) is 14.7 Å². The number of hydrogen-bond donors (Lipinski definition) is 1. The molecule has 2 heterocycles. The zero-order valence-corrected chi connectivity index (χ0v) is 13.2. The van der Waals surface area contributed by atoms with Crippen molar-refractivity contribution >= 4 is 12.1 Å². The first-order chi connectivity index (χ1) is 11.6. The molecule has 0 aliphatic carbocycles. The zero-order valence-electron chi connectivity index (χ0n) is 13.2. The van der Waals surface area contributed by atoms with E-state index < -0.39 is 17.6 Å². The summed E-state index contributed by atoms with van der Waals surface area (Å²) in [5.74, 6) is -0.927. The first-order valence-electron chi connectivity index (χ1n) is 7.81. The molecule has 1 saturated heterocycles. The molecule has 0 saturated carbocycles. The predicted molar refractivity (Wildman–Crippen MR) is 85.3 cm³/mol. The van der Waals surface area contributed by atoms with Gasteiger partial charge in [-0.05, 0) is 11.6 Å². The maximum absolute atomic E-state index is 12.2. The highest BCUT2D eigenvalue weighted by molar-refractivity contribution is 5.77. The molecule has 24 heavy (non-hydrogen) atoms. The maximum atomic E-state index is 12.2. The van der Waals surface area contributed by atoms with Gasteiger partial charge < -0.3 is 14.7 Å². The van der Waals surface area contributed by atoms with Crippen LogP contribution in [0.15, 0.2) is 48.8 Å². The van der Waals surface area contributed by atoms with Gasteiger partial charge in [0.2, 0.25) is 0 Å². The van der Waals surface area contributed by atoms with Crippen LogP contribution in [0.3, 0.4) is 0 Å². The lowest BCUT2D eigenvalue weighted by Crippen LogP contribution is -2.52. The predicted octanol–water partition coefficient (Wildman–Crippen LogP) is 2.10. The Balaban J connectivity index is 1.59. The highest BCUT2D eigenvalue weighted by atomic mass is 16.6. The number of ether oxygens (including phenoxy) is 1. The van der Waals surface area contributed by atoms with Crippen LogP contribution in [0.5, 0.6) is 0 Å². The third-order valence-corrected chi connectivity index (χ3v) is 4.39. The van der Waals surface area contributed by atoms with Gasteiger partial charge in [0.05, 0.1) is 0 Å². The van der Waals surface area contributed by atoms with Crippen molar-refractivity contribution in [3.8, 4) is 0 Å². The summed E-state index contributed by atoms with van der Waals surface area (Å²) in [6, 6.07) is 11.1. The SMILES string of the molecule is O=C(OCc1ccccc1)N1CCC(C(=O)O)(n2cccn2)CC1. The lowest BCUT2D eigenvalue weighted by Gasteiger charge is -2.38. The van der Waals surface area contributed by atoms with Crippen LogP contribution >= 0.6 is 0 Å². The molecule has 7 nitrogen and oxygen atoms in total. The second-order valence-corrected chi connectivity index (χ2v) is 5.81. The minimum Gasteiger partial charge on any atom is -0.479 e. The molecule has 2 aromatic rings. The zero-order chi connectivity index (χ0) is 17.0. The van der Waals surface area contributed by atoms with E-state index in [4.69, 9.17) is 4.74 Å². The summed E-state index contributed by atoms with van der Waals surface area (Å²) in [6.45, 7) is 0.846. The summed E-state index contributed by atoms with van der Waals surface area (Å²) in [5.41, 5.74) is -0.182. The van der Waals surface area contributed by atoms with Gasteiger partial charge in [0.1, 0.15) is 6.61 Å². The van der Waals surface area contributed by atoms with Crippen LogP contribution in [0, 0.1) is 0 Å².